The molecule has 2 nitrogen and oxygen atoms in total. The molecule has 1 aromatic carbocycles. The third-order valence-corrected chi connectivity index (χ3v) is 4.88. The molecule has 1 N–H and O–H groups in total. The summed E-state index contributed by atoms with van der Waals surface area (Å²) in [5.74, 6) is 0.698. The van der Waals surface area contributed by atoms with Gasteiger partial charge in [-0.15, -0.1) is 0 Å². The smallest absolute Gasteiger partial charge is 0.0802 e. The van der Waals surface area contributed by atoms with Crippen LogP contribution in [-0.4, -0.2) is 28.2 Å². The van der Waals surface area contributed by atoms with Gasteiger partial charge in [0.1, 0.15) is 0 Å². The predicted octanol–water partition coefficient (Wildman–Crippen LogP) is 2.81. The van der Waals surface area contributed by atoms with Crippen LogP contribution in [0.3, 0.4) is 0 Å². The lowest BCUT2D eigenvalue weighted by Crippen LogP contribution is -2.62. The maximum Gasteiger partial charge on any atom is 0.0802 e. The first-order valence-electron chi connectivity index (χ1n) is 7.21. The SMILES string of the molecule is CCC1(O)CC2CCC1N(Cc1ccccc1)C2. The molecule has 4 rings (SSSR count). The van der Waals surface area contributed by atoms with Crippen LogP contribution in [0.25, 0.3) is 0 Å². The second-order valence-electron chi connectivity index (χ2n) is 6.04. The molecule has 3 fully saturated rings. The highest BCUT2D eigenvalue weighted by Crippen LogP contribution is 2.43. The van der Waals surface area contributed by atoms with Crippen LogP contribution in [0.4, 0.5) is 0 Å². The zero-order valence-corrected chi connectivity index (χ0v) is 11.2. The first-order valence-corrected chi connectivity index (χ1v) is 7.21. The number of piperidine rings is 2. The van der Waals surface area contributed by atoms with Crippen LogP contribution in [0.2, 0.25) is 0 Å². The fourth-order valence-corrected chi connectivity index (χ4v) is 3.91. The van der Waals surface area contributed by atoms with Crippen molar-refractivity contribution in [2.75, 3.05) is 6.54 Å². The fourth-order valence-electron chi connectivity index (χ4n) is 3.91. The van der Waals surface area contributed by atoms with Crippen LogP contribution in [0.15, 0.2) is 30.3 Å². The second-order valence-corrected chi connectivity index (χ2v) is 6.04. The van der Waals surface area contributed by atoms with E-state index < -0.39 is 5.60 Å². The molecular formula is C16H23NO. The molecule has 1 aliphatic carbocycles. The third-order valence-electron chi connectivity index (χ3n) is 4.88. The van der Waals surface area contributed by atoms with Crippen molar-refractivity contribution in [3.63, 3.8) is 0 Å². The zero-order valence-electron chi connectivity index (χ0n) is 11.2. The van der Waals surface area contributed by atoms with E-state index in [1.165, 1.54) is 24.9 Å². The third kappa shape index (κ3) is 2.08. The molecule has 2 heterocycles. The van der Waals surface area contributed by atoms with E-state index in [4.69, 9.17) is 0 Å². The van der Waals surface area contributed by atoms with Gasteiger partial charge in [-0.25, -0.2) is 0 Å². The Balaban J connectivity index is 1.77. The van der Waals surface area contributed by atoms with Crippen molar-refractivity contribution in [1.29, 1.82) is 0 Å². The molecule has 2 saturated heterocycles. The Hall–Kier alpha value is -0.860. The molecular weight excluding hydrogens is 222 g/mol. The Morgan fingerprint density at radius 3 is 2.72 bits per heavy atom. The summed E-state index contributed by atoms with van der Waals surface area (Å²) in [4.78, 5) is 2.51. The molecule has 3 unspecified atom stereocenters. The van der Waals surface area contributed by atoms with Crippen molar-refractivity contribution in [3.05, 3.63) is 35.9 Å². The van der Waals surface area contributed by atoms with E-state index in [0.717, 1.165) is 19.4 Å². The molecule has 98 valence electrons. The highest BCUT2D eigenvalue weighted by atomic mass is 16.3. The first kappa shape index (κ1) is 12.2. The standard InChI is InChI=1S/C16H23NO/c1-2-16(18)10-14-8-9-15(16)17(12-14)11-13-6-4-3-5-7-13/h3-7,14-15,18H,2,8-12H2,1H3. The average Bonchev–Trinajstić information content (AvgIpc) is 2.40. The van der Waals surface area contributed by atoms with Crippen molar-refractivity contribution < 1.29 is 5.11 Å². The molecule has 1 aromatic rings. The Morgan fingerprint density at radius 2 is 2.06 bits per heavy atom. The average molecular weight is 245 g/mol. The molecule has 0 aromatic heterocycles. The summed E-state index contributed by atoms with van der Waals surface area (Å²) in [6, 6.07) is 11.0. The number of rotatable bonds is 3. The Labute approximate surface area is 110 Å². The van der Waals surface area contributed by atoms with Gasteiger partial charge in [0.05, 0.1) is 5.60 Å². The maximum absolute atomic E-state index is 10.8. The van der Waals surface area contributed by atoms with Gasteiger partial charge in [-0.3, -0.25) is 4.90 Å². The summed E-state index contributed by atoms with van der Waals surface area (Å²) in [5, 5.41) is 10.8. The predicted molar refractivity (Wildman–Crippen MR) is 73.2 cm³/mol. The molecule has 2 bridgehead atoms. The van der Waals surface area contributed by atoms with Crippen molar-refractivity contribution in [3.8, 4) is 0 Å². The van der Waals surface area contributed by atoms with Crippen molar-refractivity contribution in [2.45, 2.75) is 50.8 Å². The van der Waals surface area contributed by atoms with Gasteiger partial charge in [-0.2, -0.15) is 0 Å². The minimum Gasteiger partial charge on any atom is -0.388 e. The van der Waals surface area contributed by atoms with E-state index in [9.17, 15) is 5.11 Å². The van der Waals surface area contributed by atoms with Crippen LogP contribution < -0.4 is 0 Å². The summed E-state index contributed by atoms with van der Waals surface area (Å²) in [7, 11) is 0. The number of fused-ring (bicyclic) bond motifs is 3. The van der Waals surface area contributed by atoms with Crippen molar-refractivity contribution in [1.82, 2.24) is 4.90 Å². The van der Waals surface area contributed by atoms with Gasteiger partial charge in [-0.05, 0) is 37.2 Å². The Morgan fingerprint density at radius 1 is 1.28 bits per heavy atom. The normalized spacial score (nSPS) is 35.9. The van der Waals surface area contributed by atoms with Crippen molar-refractivity contribution >= 4 is 0 Å². The summed E-state index contributed by atoms with van der Waals surface area (Å²) >= 11 is 0. The number of nitrogens with zero attached hydrogens (tertiary/aromatic N) is 1. The molecule has 1 saturated carbocycles. The molecule has 18 heavy (non-hydrogen) atoms. The number of hydrogen-bond donors (Lipinski definition) is 1. The van der Waals surface area contributed by atoms with E-state index in [2.05, 4.69) is 42.2 Å². The van der Waals surface area contributed by atoms with Gasteiger partial charge in [0, 0.05) is 19.1 Å². The molecule has 2 aliphatic heterocycles. The fraction of sp³-hybridized carbons (Fsp3) is 0.625. The van der Waals surface area contributed by atoms with Gasteiger partial charge < -0.3 is 5.11 Å². The molecule has 2 heteroatoms. The molecule has 0 radical (unpaired) electrons. The van der Waals surface area contributed by atoms with Crippen LogP contribution in [0.1, 0.15) is 38.2 Å². The van der Waals surface area contributed by atoms with E-state index in [-0.39, 0.29) is 0 Å². The number of benzene rings is 1. The summed E-state index contributed by atoms with van der Waals surface area (Å²) < 4.78 is 0. The summed E-state index contributed by atoms with van der Waals surface area (Å²) in [5.41, 5.74) is 0.930. The summed E-state index contributed by atoms with van der Waals surface area (Å²) in [6.07, 6.45) is 4.37. The largest absolute Gasteiger partial charge is 0.388 e. The van der Waals surface area contributed by atoms with Crippen LogP contribution in [0, 0.1) is 5.92 Å². The van der Waals surface area contributed by atoms with Crippen LogP contribution >= 0.6 is 0 Å². The topological polar surface area (TPSA) is 23.5 Å². The van der Waals surface area contributed by atoms with E-state index >= 15 is 0 Å². The Kier molecular flexibility index (Phi) is 3.16. The zero-order chi connectivity index (χ0) is 12.6. The Bertz CT molecular complexity index is 405. The van der Waals surface area contributed by atoms with Gasteiger partial charge in [0.25, 0.3) is 0 Å². The quantitative estimate of drug-likeness (QED) is 0.885. The number of aliphatic hydroxyl groups is 1. The first-order chi connectivity index (χ1) is 8.71. The van der Waals surface area contributed by atoms with Gasteiger partial charge in [0.2, 0.25) is 0 Å². The lowest BCUT2D eigenvalue weighted by atomic mass is 9.68. The highest BCUT2D eigenvalue weighted by molar-refractivity contribution is 5.16. The van der Waals surface area contributed by atoms with Crippen molar-refractivity contribution in [2.24, 2.45) is 5.92 Å². The monoisotopic (exact) mass is 245 g/mol. The lowest BCUT2D eigenvalue weighted by Gasteiger charge is -2.54. The van der Waals surface area contributed by atoms with Gasteiger partial charge >= 0.3 is 0 Å². The molecule has 0 amide bonds. The van der Waals surface area contributed by atoms with Gasteiger partial charge in [0.15, 0.2) is 0 Å². The molecule has 0 spiro atoms. The van der Waals surface area contributed by atoms with Crippen LogP contribution in [-0.2, 0) is 6.54 Å². The second kappa shape index (κ2) is 4.67. The lowest BCUT2D eigenvalue weighted by molar-refractivity contribution is -0.136. The van der Waals surface area contributed by atoms with E-state index in [0.29, 0.717) is 12.0 Å². The number of hydrogen-bond acceptors (Lipinski definition) is 2. The molecule has 3 atom stereocenters. The van der Waals surface area contributed by atoms with E-state index in [1.54, 1.807) is 0 Å². The minimum atomic E-state index is -0.435. The molecule has 3 aliphatic rings. The van der Waals surface area contributed by atoms with Crippen LogP contribution in [0.5, 0.6) is 0 Å². The highest BCUT2D eigenvalue weighted by Gasteiger charge is 2.48. The van der Waals surface area contributed by atoms with Gasteiger partial charge in [-0.1, -0.05) is 37.3 Å². The summed E-state index contributed by atoms with van der Waals surface area (Å²) in [6.45, 7) is 4.29. The minimum absolute atomic E-state index is 0.368. The van der Waals surface area contributed by atoms with E-state index in [1.807, 2.05) is 0 Å². The maximum atomic E-state index is 10.8.